The Kier molecular flexibility index (Phi) is 3.21. The Bertz CT molecular complexity index is 325. The van der Waals surface area contributed by atoms with E-state index >= 15 is 0 Å². The van der Waals surface area contributed by atoms with Crippen LogP contribution in [0.2, 0.25) is 0 Å². The molecular formula is C11H13BrO2. The fraction of sp³-hybridized carbons (Fsp3) is 0.455. The van der Waals surface area contributed by atoms with Crippen LogP contribution in [-0.2, 0) is 15.9 Å². The minimum atomic E-state index is 0.220. The van der Waals surface area contributed by atoms with E-state index in [-0.39, 0.29) is 6.10 Å². The van der Waals surface area contributed by atoms with E-state index in [4.69, 9.17) is 9.47 Å². The molecule has 1 aliphatic rings. The normalized spacial score (nSPS) is 19.7. The lowest BCUT2D eigenvalue weighted by molar-refractivity contribution is -0.0723. The smallest absolute Gasteiger partial charge is 0.147 e. The molecule has 76 valence electrons. The van der Waals surface area contributed by atoms with Crippen molar-refractivity contribution in [1.82, 2.24) is 0 Å². The maximum atomic E-state index is 5.58. The number of ether oxygens (including phenoxy) is 2. The minimum absolute atomic E-state index is 0.220. The molecule has 0 saturated heterocycles. The fourth-order valence-electron chi connectivity index (χ4n) is 1.87. The highest BCUT2D eigenvalue weighted by Crippen LogP contribution is 2.35. The molecule has 2 nitrogen and oxygen atoms in total. The van der Waals surface area contributed by atoms with Crippen LogP contribution in [0.15, 0.2) is 22.7 Å². The molecule has 14 heavy (non-hydrogen) atoms. The van der Waals surface area contributed by atoms with Crippen LogP contribution in [0, 0.1) is 0 Å². The van der Waals surface area contributed by atoms with Crippen molar-refractivity contribution in [3.05, 3.63) is 33.8 Å². The Labute approximate surface area is 92.3 Å². The van der Waals surface area contributed by atoms with Crippen LogP contribution in [0.3, 0.4) is 0 Å². The first-order valence-electron chi connectivity index (χ1n) is 4.70. The maximum absolute atomic E-state index is 5.58. The first kappa shape index (κ1) is 10.1. The Morgan fingerprint density at radius 1 is 1.50 bits per heavy atom. The predicted octanol–water partition coefficient (Wildman–Crippen LogP) is 3.06. The number of benzene rings is 1. The molecule has 0 bridgehead atoms. The van der Waals surface area contributed by atoms with E-state index in [9.17, 15) is 0 Å². The van der Waals surface area contributed by atoms with Gasteiger partial charge >= 0.3 is 0 Å². The van der Waals surface area contributed by atoms with Crippen LogP contribution in [0.5, 0.6) is 0 Å². The topological polar surface area (TPSA) is 18.5 Å². The van der Waals surface area contributed by atoms with Crippen molar-refractivity contribution >= 4 is 15.9 Å². The molecule has 0 aliphatic heterocycles. The minimum Gasteiger partial charge on any atom is -0.359 e. The molecule has 0 saturated carbocycles. The number of aryl methyl sites for hydroxylation is 1. The standard InChI is InChI=1S/C11H13BrO2/c1-13-7-14-11-5-2-8-6-9(12)3-4-10(8)11/h3-4,6,11H,2,5,7H2,1H3. The fourth-order valence-corrected chi connectivity index (χ4v) is 2.28. The Morgan fingerprint density at radius 3 is 3.14 bits per heavy atom. The van der Waals surface area contributed by atoms with Crippen LogP contribution in [-0.4, -0.2) is 13.9 Å². The molecule has 1 unspecified atom stereocenters. The summed E-state index contributed by atoms with van der Waals surface area (Å²) in [5, 5.41) is 0. The van der Waals surface area contributed by atoms with Gasteiger partial charge in [0.2, 0.25) is 0 Å². The summed E-state index contributed by atoms with van der Waals surface area (Å²) in [5.41, 5.74) is 2.70. The third kappa shape index (κ3) is 2.00. The van der Waals surface area contributed by atoms with Gasteiger partial charge in [-0.15, -0.1) is 0 Å². The lowest BCUT2D eigenvalue weighted by Crippen LogP contribution is -2.02. The van der Waals surface area contributed by atoms with Crippen molar-refractivity contribution < 1.29 is 9.47 Å². The van der Waals surface area contributed by atoms with E-state index < -0.39 is 0 Å². The number of halogens is 1. The zero-order valence-electron chi connectivity index (χ0n) is 8.13. The van der Waals surface area contributed by atoms with E-state index in [1.165, 1.54) is 11.1 Å². The molecule has 0 spiro atoms. The molecule has 1 aliphatic carbocycles. The van der Waals surface area contributed by atoms with E-state index in [1.807, 2.05) is 0 Å². The lowest BCUT2D eigenvalue weighted by atomic mass is 10.1. The third-order valence-corrected chi connectivity index (χ3v) is 3.01. The van der Waals surface area contributed by atoms with Crippen LogP contribution < -0.4 is 0 Å². The molecule has 0 N–H and O–H groups in total. The van der Waals surface area contributed by atoms with Gasteiger partial charge in [-0.3, -0.25) is 0 Å². The number of methoxy groups -OCH3 is 1. The maximum Gasteiger partial charge on any atom is 0.147 e. The van der Waals surface area contributed by atoms with Crippen molar-refractivity contribution in [2.75, 3.05) is 13.9 Å². The summed E-state index contributed by atoms with van der Waals surface area (Å²) in [6.45, 7) is 0.375. The zero-order chi connectivity index (χ0) is 9.97. The molecule has 1 aromatic rings. The van der Waals surface area contributed by atoms with Gasteiger partial charge < -0.3 is 9.47 Å². The summed E-state index contributed by atoms with van der Waals surface area (Å²) in [6, 6.07) is 6.37. The van der Waals surface area contributed by atoms with Crippen molar-refractivity contribution in [3.63, 3.8) is 0 Å². The Hall–Kier alpha value is -0.380. The summed E-state index contributed by atoms with van der Waals surface area (Å²) in [4.78, 5) is 0. The van der Waals surface area contributed by atoms with Gasteiger partial charge in [-0.1, -0.05) is 22.0 Å². The van der Waals surface area contributed by atoms with Crippen LogP contribution >= 0.6 is 15.9 Å². The number of hydrogen-bond donors (Lipinski definition) is 0. The lowest BCUT2D eigenvalue weighted by Gasteiger charge is -2.11. The van der Waals surface area contributed by atoms with Gasteiger partial charge in [-0.05, 0) is 36.1 Å². The average Bonchev–Trinajstić information content (AvgIpc) is 2.57. The summed E-state index contributed by atoms with van der Waals surface area (Å²) < 4.78 is 11.6. The quantitative estimate of drug-likeness (QED) is 0.775. The molecule has 0 fully saturated rings. The van der Waals surface area contributed by atoms with E-state index in [2.05, 4.69) is 34.1 Å². The monoisotopic (exact) mass is 256 g/mol. The molecule has 0 aromatic heterocycles. The summed E-state index contributed by atoms with van der Waals surface area (Å²) in [5.74, 6) is 0. The highest BCUT2D eigenvalue weighted by atomic mass is 79.9. The van der Waals surface area contributed by atoms with Crippen molar-refractivity contribution in [3.8, 4) is 0 Å². The molecule has 1 atom stereocenters. The highest BCUT2D eigenvalue weighted by Gasteiger charge is 2.22. The summed E-state index contributed by atoms with van der Waals surface area (Å²) in [7, 11) is 1.65. The summed E-state index contributed by atoms with van der Waals surface area (Å²) in [6.07, 6.45) is 2.39. The van der Waals surface area contributed by atoms with Gasteiger partial charge in [0.15, 0.2) is 0 Å². The molecule has 0 amide bonds. The second-order valence-electron chi connectivity index (χ2n) is 3.44. The Balaban J connectivity index is 2.14. The van der Waals surface area contributed by atoms with E-state index in [1.54, 1.807) is 7.11 Å². The van der Waals surface area contributed by atoms with Gasteiger partial charge in [0.25, 0.3) is 0 Å². The molecule has 0 heterocycles. The molecule has 3 heteroatoms. The van der Waals surface area contributed by atoms with E-state index in [0.717, 1.165) is 17.3 Å². The molecule has 0 radical (unpaired) electrons. The number of hydrogen-bond acceptors (Lipinski definition) is 2. The first-order chi connectivity index (χ1) is 6.81. The molecular weight excluding hydrogens is 244 g/mol. The highest BCUT2D eigenvalue weighted by molar-refractivity contribution is 9.10. The zero-order valence-corrected chi connectivity index (χ0v) is 9.71. The number of fused-ring (bicyclic) bond motifs is 1. The second kappa shape index (κ2) is 4.43. The van der Waals surface area contributed by atoms with Gasteiger partial charge in [-0.25, -0.2) is 0 Å². The molecule has 2 rings (SSSR count). The second-order valence-corrected chi connectivity index (χ2v) is 4.36. The third-order valence-electron chi connectivity index (χ3n) is 2.51. The van der Waals surface area contributed by atoms with Gasteiger partial charge in [0, 0.05) is 11.6 Å². The first-order valence-corrected chi connectivity index (χ1v) is 5.49. The average molecular weight is 257 g/mol. The van der Waals surface area contributed by atoms with Crippen LogP contribution in [0.1, 0.15) is 23.7 Å². The van der Waals surface area contributed by atoms with Gasteiger partial charge in [0.05, 0.1) is 6.10 Å². The van der Waals surface area contributed by atoms with Crippen molar-refractivity contribution in [2.45, 2.75) is 18.9 Å². The van der Waals surface area contributed by atoms with Gasteiger partial charge in [-0.2, -0.15) is 0 Å². The Morgan fingerprint density at radius 2 is 2.36 bits per heavy atom. The number of rotatable bonds is 3. The van der Waals surface area contributed by atoms with Crippen LogP contribution in [0.25, 0.3) is 0 Å². The summed E-state index contributed by atoms with van der Waals surface area (Å²) >= 11 is 3.47. The van der Waals surface area contributed by atoms with Gasteiger partial charge in [0.1, 0.15) is 6.79 Å². The van der Waals surface area contributed by atoms with Crippen molar-refractivity contribution in [2.24, 2.45) is 0 Å². The predicted molar refractivity (Wildman–Crippen MR) is 58.2 cm³/mol. The SMILES string of the molecule is COCOC1CCc2cc(Br)ccc21. The molecule has 1 aromatic carbocycles. The largest absolute Gasteiger partial charge is 0.359 e. The van der Waals surface area contributed by atoms with E-state index in [0.29, 0.717) is 6.79 Å². The van der Waals surface area contributed by atoms with Crippen LogP contribution in [0.4, 0.5) is 0 Å². The van der Waals surface area contributed by atoms with Crippen molar-refractivity contribution in [1.29, 1.82) is 0 Å².